The van der Waals surface area contributed by atoms with E-state index in [1.807, 2.05) is 43.0 Å². The SMILES string of the molecule is Cc1cccnc1Nc1cccc(C2CCCN2Cc2cnn(C)c2C)n1. The summed E-state index contributed by atoms with van der Waals surface area (Å²) in [5.74, 6) is 1.70. The van der Waals surface area contributed by atoms with Gasteiger partial charge in [-0.2, -0.15) is 5.10 Å². The van der Waals surface area contributed by atoms with E-state index in [0.717, 1.165) is 42.4 Å². The Bertz CT molecular complexity index is 932. The van der Waals surface area contributed by atoms with Gasteiger partial charge >= 0.3 is 0 Å². The molecule has 0 bridgehead atoms. The molecule has 3 aromatic heterocycles. The molecule has 0 amide bonds. The molecule has 0 aliphatic carbocycles. The highest BCUT2D eigenvalue weighted by molar-refractivity contribution is 5.55. The number of likely N-dealkylation sites (tertiary alicyclic amines) is 1. The van der Waals surface area contributed by atoms with Crippen LogP contribution in [0.15, 0.2) is 42.7 Å². The van der Waals surface area contributed by atoms with Gasteiger partial charge in [0.2, 0.25) is 0 Å². The molecule has 1 unspecified atom stereocenters. The maximum Gasteiger partial charge on any atom is 0.134 e. The summed E-state index contributed by atoms with van der Waals surface area (Å²) in [6.07, 6.45) is 6.12. The van der Waals surface area contributed by atoms with E-state index in [1.165, 1.54) is 17.7 Å². The predicted octanol–water partition coefficient (Wildman–Crippen LogP) is 3.91. The summed E-state index contributed by atoms with van der Waals surface area (Å²) < 4.78 is 1.94. The molecule has 4 rings (SSSR count). The van der Waals surface area contributed by atoms with Crippen molar-refractivity contribution < 1.29 is 0 Å². The van der Waals surface area contributed by atoms with Gasteiger partial charge < -0.3 is 5.32 Å². The van der Waals surface area contributed by atoms with Crippen LogP contribution in [-0.2, 0) is 13.6 Å². The fourth-order valence-electron chi connectivity index (χ4n) is 3.71. The van der Waals surface area contributed by atoms with E-state index in [-0.39, 0.29) is 0 Å². The molecule has 3 aromatic rings. The van der Waals surface area contributed by atoms with E-state index in [1.54, 1.807) is 6.20 Å². The maximum absolute atomic E-state index is 4.90. The van der Waals surface area contributed by atoms with Crippen molar-refractivity contribution in [3.05, 3.63) is 65.2 Å². The number of hydrogen-bond acceptors (Lipinski definition) is 5. The highest BCUT2D eigenvalue weighted by Crippen LogP contribution is 2.33. The van der Waals surface area contributed by atoms with Crippen LogP contribution < -0.4 is 5.32 Å². The van der Waals surface area contributed by atoms with Crippen molar-refractivity contribution in [3.63, 3.8) is 0 Å². The monoisotopic (exact) mass is 362 g/mol. The number of aromatic nitrogens is 4. The molecule has 4 heterocycles. The van der Waals surface area contributed by atoms with Crippen molar-refractivity contribution in [1.82, 2.24) is 24.6 Å². The van der Waals surface area contributed by atoms with Crippen molar-refractivity contribution in [2.75, 3.05) is 11.9 Å². The Morgan fingerprint density at radius 3 is 2.85 bits per heavy atom. The number of aryl methyl sites for hydroxylation is 2. The number of hydrogen-bond donors (Lipinski definition) is 1. The van der Waals surface area contributed by atoms with E-state index >= 15 is 0 Å². The van der Waals surface area contributed by atoms with Gasteiger partial charge in [0.05, 0.1) is 17.9 Å². The largest absolute Gasteiger partial charge is 0.325 e. The standard InChI is InChI=1S/C21H26N6/c1-15-7-5-11-22-21(15)25-20-10-4-8-18(24-20)19-9-6-12-27(19)14-17-13-23-26(3)16(17)2/h4-5,7-8,10-11,13,19H,6,9,12,14H2,1-3H3,(H,22,24,25). The predicted molar refractivity (Wildman–Crippen MR) is 107 cm³/mol. The van der Waals surface area contributed by atoms with Crippen LogP contribution in [0.1, 0.15) is 41.4 Å². The lowest BCUT2D eigenvalue weighted by molar-refractivity contribution is 0.244. The molecule has 1 atom stereocenters. The van der Waals surface area contributed by atoms with Crippen LogP contribution in [0.3, 0.4) is 0 Å². The average molecular weight is 362 g/mol. The minimum absolute atomic E-state index is 0.344. The molecule has 1 N–H and O–H groups in total. The molecule has 0 saturated carbocycles. The molecular weight excluding hydrogens is 336 g/mol. The number of nitrogens with one attached hydrogen (secondary N) is 1. The molecule has 0 spiro atoms. The third kappa shape index (κ3) is 3.71. The Morgan fingerprint density at radius 2 is 2.07 bits per heavy atom. The Balaban J connectivity index is 1.53. The smallest absolute Gasteiger partial charge is 0.134 e. The van der Waals surface area contributed by atoms with Crippen molar-refractivity contribution >= 4 is 11.6 Å². The Kier molecular flexibility index (Phi) is 4.90. The van der Waals surface area contributed by atoms with E-state index in [9.17, 15) is 0 Å². The van der Waals surface area contributed by atoms with E-state index in [2.05, 4.69) is 39.4 Å². The Morgan fingerprint density at radius 1 is 1.19 bits per heavy atom. The molecule has 6 heteroatoms. The van der Waals surface area contributed by atoms with Gasteiger partial charge in [-0.3, -0.25) is 9.58 Å². The summed E-state index contributed by atoms with van der Waals surface area (Å²) in [7, 11) is 2.00. The molecule has 0 aromatic carbocycles. The minimum Gasteiger partial charge on any atom is -0.325 e. The topological polar surface area (TPSA) is 58.9 Å². The van der Waals surface area contributed by atoms with Gasteiger partial charge in [0, 0.05) is 31.0 Å². The van der Waals surface area contributed by atoms with Crippen molar-refractivity contribution in [2.24, 2.45) is 7.05 Å². The van der Waals surface area contributed by atoms with Crippen molar-refractivity contribution in [3.8, 4) is 0 Å². The third-order valence-corrected chi connectivity index (χ3v) is 5.44. The number of rotatable bonds is 5. The second-order valence-corrected chi connectivity index (χ2v) is 7.25. The highest BCUT2D eigenvalue weighted by atomic mass is 15.3. The van der Waals surface area contributed by atoms with Gasteiger partial charge in [-0.1, -0.05) is 12.1 Å². The lowest BCUT2D eigenvalue weighted by atomic mass is 10.1. The van der Waals surface area contributed by atoms with E-state index in [4.69, 9.17) is 4.98 Å². The quantitative estimate of drug-likeness (QED) is 0.746. The van der Waals surface area contributed by atoms with Gasteiger partial charge in [0.15, 0.2) is 0 Å². The summed E-state index contributed by atoms with van der Waals surface area (Å²) in [4.78, 5) is 11.8. The van der Waals surface area contributed by atoms with Crippen molar-refractivity contribution in [2.45, 2.75) is 39.3 Å². The zero-order chi connectivity index (χ0) is 18.8. The van der Waals surface area contributed by atoms with Gasteiger partial charge in [-0.05, 0) is 57.0 Å². The third-order valence-electron chi connectivity index (χ3n) is 5.44. The Hall–Kier alpha value is -2.73. The maximum atomic E-state index is 4.90. The van der Waals surface area contributed by atoms with Gasteiger partial charge in [0.1, 0.15) is 11.6 Å². The molecule has 6 nitrogen and oxygen atoms in total. The molecule has 1 aliphatic heterocycles. The molecule has 140 valence electrons. The molecule has 0 radical (unpaired) electrons. The summed E-state index contributed by atoms with van der Waals surface area (Å²) in [6.45, 7) is 6.19. The summed E-state index contributed by atoms with van der Waals surface area (Å²) in [5.41, 5.74) is 4.75. The number of pyridine rings is 2. The lowest BCUT2D eigenvalue weighted by Crippen LogP contribution is -2.23. The van der Waals surface area contributed by atoms with Gasteiger partial charge in [0.25, 0.3) is 0 Å². The van der Waals surface area contributed by atoms with Crippen LogP contribution in [0.5, 0.6) is 0 Å². The number of nitrogens with zero attached hydrogens (tertiary/aromatic N) is 5. The zero-order valence-corrected chi connectivity index (χ0v) is 16.2. The molecule has 1 aliphatic rings. The minimum atomic E-state index is 0.344. The summed E-state index contributed by atoms with van der Waals surface area (Å²) in [6, 6.07) is 10.6. The number of anilines is 2. The van der Waals surface area contributed by atoms with Crippen LogP contribution in [0, 0.1) is 13.8 Å². The molecule has 27 heavy (non-hydrogen) atoms. The van der Waals surface area contributed by atoms with Crippen LogP contribution in [0.2, 0.25) is 0 Å². The van der Waals surface area contributed by atoms with Gasteiger partial charge in [-0.25, -0.2) is 9.97 Å². The first-order valence-corrected chi connectivity index (χ1v) is 9.49. The first-order chi connectivity index (χ1) is 13.1. The van der Waals surface area contributed by atoms with Crippen molar-refractivity contribution in [1.29, 1.82) is 0 Å². The van der Waals surface area contributed by atoms with Crippen LogP contribution in [-0.4, -0.2) is 31.2 Å². The summed E-state index contributed by atoms with van der Waals surface area (Å²) in [5, 5.41) is 7.74. The van der Waals surface area contributed by atoms with Crippen LogP contribution in [0.4, 0.5) is 11.6 Å². The summed E-state index contributed by atoms with van der Waals surface area (Å²) >= 11 is 0. The normalized spacial score (nSPS) is 17.4. The average Bonchev–Trinajstić information content (AvgIpc) is 3.26. The fourth-order valence-corrected chi connectivity index (χ4v) is 3.71. The highest BCUT2D eigenvalue weighted by Gasteiger charge is 2.28. The Labute approximate surface area is 160 Å². The fraction of sp³-hybridized carbons (Fsp3) is 0.381. The van der Waals surface area contributed by atoms with E-state index in [0.29, 0.717) is 6.04 Å². The molecular formula is C21H26N6. The molecule has 1 fully saturated rings. The first kappa shape index (κ1) is 17.7. The van der Waals surface area contributed by atoms with Crippen LogP contribution >= 0.6 is 0 Å². The van der Waals surface area contributed by atoms with E-state index < -0.39 is 0 Å². The zero-order valence-electron chi connectivity index (χ0n) is 16.2. The second-order valence-electron chi connectivity index (χ2n) is 7.25. The lowest BCUT2D eigenvalue weighted by Gasteiger charge is -2.24. The molecule has 1 saturated heterocycles. The first-order valence-electron chi connectivity index (χ1n) is 9.49. The van der Waals surface area contributed by atoms with Crippen LogP contribution in [0.25, 0.3) is 0 Å². The second kappa shape index (κ2) is 7.48. The van der Waals surface area contributed by atoms with Gasteiger partial charge in [-0.15, -0.1) is 0 Å².